The molecule has 1 fully saturated rings. The van der Waals surface area contributed by atoms with E-state index in [2.05, 4.69) is 0 Å². The highest BCUT2D eigenvalue weighted by molar-refractivity contribution is 7.89. The first kappa shape index (κ1) is 22.2. The van der Waals surface area contributed by atoms with E-state index < -0.39 is 44.7 Å². The van der Waals surface area contributed by atoms with E-state index in [9.17, 15) is 30.8 Å². The third-order valence-corrected chi connectivity index (χ3v) is 6.94. The molecule has 0 atom stereocenters. The number of carbonyl (C=O) groups excluding carboxylic acids is 1. The number of piperidine rings is 1. The van der Waals surface area contributed by atoms with Crippen LogP contribution in [0, 0.1) is 11.7 Å². The first-order chi connectivity index (χ1) is 14.0. The molecular weight excluding hydrogens is 424 g/mol. The summed E-state index contributed by atoms with van der Waals surface area (Å²) in [6.45, 7) is 2.63. The Morgan fingerprint density at radius 2 is 1.73 bits per heavy atom. The van der Waals surface area contributed by atoms with Gasteiger partial charge in [-0.3, -0.25) is 4.79 Å². The van der Waals surface area contributed by atoms with E-state index in [1.54, 1.807) is 0 Å². The first-order valence-corrected chi connectivity index (χ1v) is 10.7. The zero-order valence-corrected chi connectivity index (χ0v) is 16.9. The number of amides is 1. The molecule has 0 bridgehead atoms. The lowest BCUT2D eigenvalue weighted by molar-refractivity contribution is -0.136. The van der Waals surface area contributed by atoms with Gasteiger partial charge in [0.1, 0.15) is 5.82 Å². The van der Waals surface area contributed by atoms with E-state index in [4.69, 9.17) is 0 Å². The molecule has 1 heterocycles. The van der Waals surface area contributed by atoms with Crippen LogP contribution in [-0.4, -0.2) is 31.7 Å². The van der Waals surface area contributed by atoms with Gasteiger partial charge in [-0.2, -0.15) is 17.5 Å². The zero-order valence-electron chi connectivity index (χ0n) is 16.0. The standard InChI is InChI=1S/C20H20F4N2O3S/c1-13-8-10-26(11-9-13)30(28,29)14-6-7-17(21)15(12-14)19(27)25-18-5-3-2-4-16(18)20(22,23)24/h2-7,12-13H,8-11H2,1H3,(H,25,27). The Morgan fingerprint density at radius 3 is 2.37 bits per heavy atom. The molecule has 1 aliphatic heterocycles. The molecule has 0 spiro atoms. The van der Waals surface area contributed by atoms with Crippen molar-refractivity contribution in [3.05, 3.63) is 59.4 Å². The molecule has 1 aliphatic rings. The summed E-state index contributed by atoms with van der Waals surface area (Å²) < 4.78 is 80.6. The summed E-state index contributed by atoms with van der Waals surface area (Å²) in [6.07, 6.45) is -3.36. The van der Waals surface area contributed by atoms with Crippen molar-refractivity contribution in [2.45, 2.75) is 30.8 Å². The quantitative estimate of drug-likeness (QED) is 0.706. The topological polar surface area (TPSA) is 66.5 Å². The molecule has 1 amide bonds. The highest BCUT2D eigenvalue weighted by atomic mass is 32.2. The summed E-state index contributed by atoms with van der Waals surface area (Å²) in [7, 11) is -3.96. The van der Waals surface area contributed by atoms with Crippen molar-refractivity contribution in [1.29, 1.82) is 0 Å². The molecule has 10 heteroatoms. The Balaban J connectivity index is 1.90. The predicted octanol–water partition coefficient (Wildman–Crippen LogP) is 4.52. The molecule has 1 saturated heterocycles. The van der Waals surface area contributed by atoms with Crippen LogP contribution in [0.4, 0.5) is 23.2 Å². The maximum Gasteiger partial charge on any atom is 0.418 e. The van der Waals surface area contributed by atoms with E-state index >= 15 is 0 Å². The molecule has 3 rings (SSSR count). The number of nitrogens with zero attached hydrogens (tertiary/aromatic N) is 1. The van der Waals surface area contributed by atoms with E-state index in [-0.39, 0.29) is 4.90 Å². The molecule has 162 valence electrons. The summed E-state index contributed by atoms with van der Waals surface area (Å²) in [6, 6.07) is 6.99. The van der Waals surface area contributed by atoms with Gasteiger partial charge in [-0.05, 0) is 49.1 Å². The summed E-state index contributed by atoms with van der Waals surface area (Å²) in [5, 5.41) is 2.03. The molecule has 30 heavy (non-hydrogen) atoms. The molecule has 0 aliphatic carbocycles. The van der Waals surface area contributed by atoms with Crippen LogP contribution in [0.2, 0.25) is 0 Å². The first-order valence-electron chi connectivity index (χ1n) is 9.27. The van der Waals surface area contributed by atoms with Gasteiger partial charge >= 0.3 is 6.18 Å². The minimum atomic E-state index is -4.72. The molecule has 1 N–H and O–H groups in total. The molecule has 0 radical (unpaired) electrons. The lowest BCUT2D eigenvalue weighted by atomic mass is 10.0. The number of carbonyl (C=O) groups is 1. The van der Waals surface area contributed by atoms with E-state index in [0.717, 1.165) is 36.4 Å². The van der Waals surface area contributed by atoms with Gasteiger partial charge in [-0.15, -0.1) is 0 Å². The molecule has 0 unspecified atom stereocenters. The number of alkyl halides is 3. The van der Waals surface area contributed by atoms with Gasteiger partial charge in [0.25, 0.3) is 5.91 Å². The SMILES string of the molecule is CC1CCN(S(=O)(=O)c2ccc(F)c(C(=O)Nc3ccccc3C(F)(F)F)c2)CC1. The van der Waals surface area contributed by atoms with Gasteiger partial charge in [0.15, 0.2) is 0 Å². The van der Waals surface area contributed by atoms with Gasteiger partial charge in [0.05, 0.1) is 21.7 Å². The Morgan fingerprint density at radius 1 is 1.10 bits per heavy atom. The lowest BCUT2D eigenvalue weighted by Crippen LogP contribution is -2.38. The van der Waals surface area contributed by atoms with Crippen LogP contribution < -0.4 is 5.32 Å². The molecular formula is C20H20F4N2O3S. The number of halogens is 4. The molecule has 2 aromatic rings. The highest BCUT2D eigenvalue weighted by Gasteiger charge is 2.34. The monoisotopic (exact) mass is 444 g/mol. The number of rotatable bonds is 4. The van der Waals surface area contributed by atoms with Crippen molar-refractivity contribution < 1.29 is 30.8 Å². The average Bonchev–Trinajstić information content (AvgIpc) is 2.68. The summed E-state index contributed by atoms with van der Waals surface area (Å²) >= 11 is 0. The second-order valence-electron chi connectivity index (χ2n) is 7.23. The fourth-order valence-electron chi connectivity index (χ4n) is 3.24. The predicted molar refractivity (Wildman–Crippen MR) is 103 cm³/mol. The van der Waals surface area contributed by atoms with Gasteiger partial charge < -0.3 is 5.32 Å². The minimum Gasteiger partial charge on any atom is -0.321 e. The molecule has 2 aromatic carbocycles. The van der Waals surface area contributed by atoms with Crippen LogP contribution in [0.1, 0.15) is 35.7 Å². The second kappa shape index (κ2) is 8.35. The van der Waals surface area contributed by atoms with Crippen LogP contribution >= 0.6 is 0 Å². The fraction of sp³-hybridized carbons (Fsp3) is 0.350. The third kappa shape index (κ3) is 4.65. The number of hydrogen-bond donors (Lipinski definition) is 1. The number of benzene rings is 2. The number of sulfonamides is 1. The Kier molecular flexibility index (Phi) is 6.19. The largest absolute Gasteiger partial charge is 0.418 e. The Labute approximate surface area is 171 Å². The fourth-order valence-corrected chi connectivity index (χ4v) is 4.74. The maximum atomic E-state index is 14.2. The number of para-hydroxylation sites is 1. The lowest BCUT2D eigenvalue weighted by Gasteiger charge is -2.29. The van der Waals surface area contributed by atoms with Gasteiger partial charge in [0, 0.05) is 13.1 Å². The van der Waals surface area contributed by atoms with Crippen LogP contribution in [0.3, 0.4) is 0 Å². The van der Waals surface area contributed by atoms with Crippen molar-refractivity contribution in [3.8, 4) is 0 Å². The Hall–Kier alpha value is -2.46. The number of anilines is 1. The smallest absolute Gasteiger partial charge is 0.321 e. The second-order valence-corrected chi connectivity index (χ2v) is 9.16. The Bertz CT molecular complexity index is 1050. The minimum absolute atomic E-state index is 0.285. The zero-order chi connectivity index (χ0) is 22.1. The van der Waals surface area contributed by atoms with Gasteiger partial charge in [-0.1, -0.05) is 19.1 Å². The van der Waals surface area contributed by atoms with Crippen molar-refractivity contribution in [2.75, 3.05) is 18.4 Å². The van der Waals surface area contributed by atoms with E-state index in [1.807, 2.05) is 12.2 Å². The number of hydrogen-bond acceptors (Lipinski definition) is 3. The van der Waals surface area contributed by atoms with Crippen LogP contribution in [-0.2, 0) is 16.2 Å². The molecule has 0 saturated carbocycles. The van der Waals surface area contributed by atoms with Crippen LogP contribution in [0.5, 0.6) is 0 Å². The van der Waals surface area contributed by atoms with Crippen molar-refractivity contribution >= 4 is 21.6 Å². The van der Waals surface area contributed by atoms with Crippen molar-refractivity contribution in [2.24, 2.45) is 5.92 Å². The van der Waals surface area contributed by atoms with Crippen molar-refractivity contribution in [1.82, 2.24) is 4.31 Å². The normalized spacial score (nSPS) is 16.4. The van der Waals surface area contributed by atoms with Gasteiger partial charge in [-0.25, -0.2) is 12.8 Å². The van der Waals surface area contributed by atoms with Crippen LogP contribution in [0.15, 0.2) is 47.4 Å². The van der Waals surface area contributed by atoms with Crippen LogP contribution in [0.25, 0.3) is 0 Å². The van der Waals surface area contributed by atoms with E-state index in [1.165, 1.54) is 10.4 Å². The summed E-state index contributed by atoms with van der Waals surface area (Å²) in [5.41, 5.74) is -2.30. The maximum absolute atomic E-state index is 14.2. The summed E-state index contributed by atoms with van der Waals surface area (Å²) in [4.78, 5) is 12.2. The molecule has 5 nitrogen and oxygen atoms in total. The number of nitrogens with one attached hydrogen (secondary N) is 1. The third-order valence-electron chi connectivity index (χ3n) is 5.04. The van der Waals surface area contributed by atoms with Gasteiger partial charge in [0.2, 0.25) is 10.0 Å². The average molecular weight is 444 g/mol. The highest BCUT2D eigenvalue weighted by Crippen LogP contribution is 2.35. The van der Waals surface area contributed by atoms with E-state index in [0.29, 0.717) is 31.8 Å². The summed E-state index contributed by atoms with van der Waals surface area (Å²) in [5.74, 6) is -1.82. The van der Waals surface area contributed by atoms with Crippen molar-refractivity contribution in [3.63, 3.8) is 0 Å². The molecule has 0 aromatic heterocycles.